The van der Waals surface area contributed by atoms with Gasteiger partial charge in [-0.15, -0.1) is 0 Å². The van der Waals surface area contributed by atoms with Crippen LogP contribution in [0, 0.1) is 0 Å². The maximum atomic E-state index is 11.2. The van der Waals surface area contributed by atoms with Gasteiger partial charge in [0, 0.05) is 18.6 Å². The summed E-state index contributed by atoms with van der Waals surface area (Å²) in [7, 11) is 0. The minimum absolute atomic E-state index is 0.200. The molecule has 2 N–H and O–H groups in total. The number of carbonyl (C=O) groups excluding carboxylic acids is 1. The lowest BCUT2D eigenvalue weighted by atomic mass is 10.0. The highest BCUT2D eigenvalue weighted by atomic mass is 16.6. The first kappa shape index (κ1) is 14.4. The highest BCUT2D eigenvalue weighted by molar-refractivity contribution is 5.69. The third-order valence-electron chi connectivity index (χ3n) is 1.81. The van der Waals surface area contributed by atoms with Gasteiger partial charge in [-0.3, -0.25) is 4.79 Å². The quantitative estimate of drug-likeness (QED) is 0.494. The Hall–Kier alpha value is -0.610. The number of carbonyl (C=O) groups is 1. The van der Waals surface area contributed by atoms with Gasteiger partial charge in [0.1, 0.15) is 6.61 Å². The predicted octanol–water partition coefficient (Wildman–Crippen LogP) is 1.47. The van der Waals surface area contributed by atoms with Gasteiger partial charge in [-0.25, -0.2) is 0 Å². The van der Waals surface area contributed by atoms with Crippen LogP contribution in [-0.4, -0.2) is 31.3 Å². The molecular formula is C11H23NO3. The Kier molecular flexibility index (Phi) is 7.34. The van der Waals surface area contributed by atoms with Gasteiger partial charge >= 0.3 is 5.97 Å². The van der Waals surface area contributed by atoms with E-state index in [-0.39, 0.29) is 11.5 Å². The van der Waals surface area contributed by atoms with E-state index in [2.05, 4.69) is 0 Å². The zero-order valence-electron chi connectivity index (χ0n) is 10.0. The number of hydrogen-bond donors (Lipinski definition) is 1. The van der Waals surface area contributed by atoms with Crippen molar-refractivity contribution in [2.45, 2.75) is 45.6 Å². The summed E-state index contributed by atoms with van der Waals surface area (Å²) in [6.07, 6.45) is 1.99. The van der Waals surface area contributed by atoms with Crippen molar-refractivity contribution in [1.82, 2.24) is 0 Å². The number of esters is 1. The molecule has 0 aromatic rings. The lowest BCUT2D eigenvalue weighted by molar-refractivity contribution is -0.145. The lowest BCUT2D eigenvalue weighted by Crippen LogP contribution is -2.32. The Morgan fingerprint density at radius 2 is 1.93 bits per heavy atom. The Balaban J connectivity index is 3.34. The molecule has 0 aromatic heterocycles. The second kappa shape index (κ2) is 7.65. The second-order valence-electron chi connectivity index (χ2n) is 4.32. The van der Waals surface area contributed by atoms with Crippen LogP contribution in [0.3, 0.4) is 0 Å². The zero-order valence-corrected chi connectivity index (χ0v) is 10.0. The molecule has 0 aliphatic rings. The van der Waals surface area contributed by atoms with Crippen molar-refractivity contribution in [3.05, 3.63) is 0 Å². The summed E-state index contributed by atoms with van der Waals surface area (Å²) in [5, 5.41) is 0. The third kappa shape index (κ3) is 11.3. The van der Waals surface area contributed by atoms with Gasteiger partial charge in [0.05, 0.1) is 6.61 Å². The fourth-order valence-corrected chi connectivity index (χ4v) is 0.957. The van der Waals surface area contributed by atoms with Crippen molar-refractivity contribution >= 4 is 5.97 Å². The maximum absolute atomic E-state index is 11.2. The normalized spacial score (nSPS) is 11.5. The molecule has 0 radical (unpaired) electrons. The van der Waals surface area contributed by atoms with E-state index in [1.54, 1.807) is 0 Å². The zero-order chi connectivity index (χ0) is 11.7. The van der Waals surface area contributed by atoms with E-state index < -0.39 is 0 Å². The van der Waals surface area contributed by atoms with E-state index in [1.165, 1.54) is 0 Å². The van der Waals surface area contributed by atoms with E-state index in [1.807, 2.05) is 20.8 Å². The summed E-state index contributed by atoms with van der Waals surface area (Å²) < 4.78 is 10.1. The molecule has 0 aromatic carbocycles. The molecule has 0 atom stereocenters. The topological polar surface area (TPSA) is 61.5 Å². The van der Waals surface area contributed by atoms with Gasteiger partial charge in [0.25, 0.3) is 0 Å². The molecule has 4 nitrogen and oxygen atoms in total. The number of hydrogen-bond acceptors (Lipinski definition) is 4. The van der Waals surface area contributed by atoms with Gasteiger partial charge in [0.15, 0.2) is 0 Å². The van der Waals surface area contributed by atoms with E-state index in [4.69, 9.17) is 15.2 Å². The van der Waals surface area contributed by atoms with Crippen LogP contribution in [-0.2, 0) is 14.3 Å². The molecule has 0 aliphatic carbocycles. The summed E-state index contributed by atoms with van der Waals surface area (Å²) >= 11 is 0. The Morgan fingerprint density at radius 3 is 2.47 bits per heavy atom. The van der Waals surface area contributed by atoms with Crippen LogP contribution in [0.15, 0.2) is 0 Å². The molecule has 4 heteroatoms. The second-order valence-corrected chi connectivity index (χ2v) is 4.32. The molecule has 0 saturated carbocycles. The van der Waals surface area contributed by atoms with Crippen molar-refractivity contribution in [2.75, 3.05) is 19.8 Å². The summed E-state index contributed by atoms with van der Waals surface area (Å²) in [6.45, 7) is 7.35. The summed E-state index contributed by atoms with van der Waals surface area (Å²) in [5.41, 5.74) is 5.44. The van der Waals surface area contributed by atoms with Crippen LogP contribution in [0.5, 0.6) is 0 Å². The van der Waals surface area contributed by atoms with Crippen LogP contribution >= 0.6 is 0 Å². The molecule has 0 bridgehead atoms. The van der Waals surface area contributed by atoms with E-state index in [0.717, 1.165) is 6.42 Å². The minimum Gasteiger partial charge on any atom is -0.463 e. The monoisotopic (exact) mass is 217 g/mol. The highest BCUT2D eigenvalue weighted by Crippen LogP contribution is 2.07. The molecule has 0 heterocycles. The molecule has 0 saturated heterocycles. The van der Waals surface area contributed by atoms with Crippen molar-refractivity contribution in [3.8, 4) is 0 Å². The Morgan fingerprint density at radius 1 is 1.27 bits per heavy atom. The smallest absolute Gasteiger partial charge is 0.305 e. The van der Waals surface area contributed by atoms with Gasteiger partial charge in [-0.2, -0.15) is 0 Å². The number of rotatable bonds is 8. The standard InChI is InChI=1S/C11H23NO3/c1-4-7-14-8-9-15-10(13)5-6-11(2,3)12/h4-9,12H2,1-3H3. The Labute approximate surface area is 92.1 Å². The molecule has 0 aliphatic heterocycles. The predicted molar refractivity (Wildman–Crippen MR) is 59.6 cm³/mol. The first-order valence-corrected chi connectivity index (χ1v) is 5.48. The van der Waals surface area contributed by atoms with Crippen molar-refractivity contribution in [2.24, 2.45) is 5.73 Å². The first-order chi connectivity index (χ1) is 6.95. The van der Waals surface area contributed by atoms with Crippen LogP contribution in [0.2, 0.25) is 0 Å². The molecule has 15 heavy (non-hydrogen) atoms. The van der Waals surface area contributed by atoms with Crippen LogP contribution in [0.25, 0.3) is 0 Å². The number of ether oxygens (including phenoxy) is 2. The van der Waals surface area contributed by atoms with Gasteiger partial charge in [0.2, 0.25) is 0 Å². The van der Waals surface area contributed by atoms with Crippen molar-refractivity contribution in [1.29, 1.82) is 0 Å². The fraction of sp³-hybridized carbons (Fsp3) is 0.909. The van der Waals surface area contributed by atoms with Crippen LogP contribution in [0.1, 0.15) is 40.0 Å². The summed E-state index contributed by atoms with van der Waals surface area (Å²) in [6, 6.07) is 0. The lowest BCUT2D eigenvalue weighted by Gasteiger charge is -2.17. The highest BCUT2D eigenvalue weighted by Gasteiger charge is 2.13. The van der Waals surface area contributed by atoms with Gasteiger partial charge < -0.3 is 15.2 Å². The third-order valence-corrected chi connectivity index (χ3v) is 1.81. The van der Waals surface area contributed by atoms with Crippen LogP contribution in [0.4, 0.5) is 0 Å². The largest absolute Gasteiger partial charge is 0.463 e. The van der Waals surface area contributed by atoms with E-state index in [0.29, 0.717) is 32.7 Å². The summed E-state index contributed by atoms with van der Waals surface area (Å²) in [5.74, 6) is -0.200. The molecule has 90 valence electrons. The first-order valence-electron chi connectivity index (χ1n) is 5.48. The van der Waals surface area contributed by atoms with E-state index in [9.17, 15) is 4.79 Å². The number of nitrogens with two attached hydrogens (primary N) is 1. The molecule has 0 amide bonds. The minimum atomic E-state index is -0.308. The van der Waals surface area contributed by atoms with Crippen molar-refractivity contribution in [3.63, 3.8) is 0 Å². The van der Waals surface area contributed by atoms with E-state index >= 15 is 0 Å². The van der Waals surface area contributed by atoms with Gasteiger partial charge in [-0.1, -0.05) is 6.92 Å². The fourth-order valence-electron chi connectivity index (χ4n) is 0.957. The average Bonchev–Trinajstić information content (AvgIpc) is 2.13. The Bertz CT molecular complexity index is 175. The molecule has 0 rings (SSSR count). The molecular weight excluding hydrogens is 194 g/mol. The molecule has 0 unspecified atom stereocenters. The maximum Gasteiger partial charge on any atom is 0.305 e. The molecule has 0 fully saturated rings. The SMILES string of the molecule is CCCOCCOC(=O)CCC(C)(C)N. The van der Waals surface area contributed by atoms with Gasteiger partial charge in [-0.05, 0) is 26.7 Å². The van der Waals surface area contributed by atoms with Crippen molar-refractivity contribution < 1.29 is 14.3 Å². The van der Waals surface area contributed by atoms with Crippen LogP contribution < -0.4 is 5.73 Å². The average molecular weight is 217 g/mol. The summed E-state index contributed by atoms with van der Waals surface area (Å²) in [4.78, 5) is 11.2. The molecule has 0 spiro atoms.